The van der Waals surface area contributed by atoms with E-state index in [0.717, 1.165) is 5.56 Å². The molecule has 96 valence electrons. The van der Waals surface area contributed by atoms with Gasteiger partial charge in [0.15, 0.2) is 0 Å². The summed E-state index contributed by atoms with van der Waals surface area (Å²) in [7, 11) is 3.31. The van der Waals surface area contributed by atoms with E-state index < -0.39 is 0 Å². The van der Waals surface area contributed by atoms with E-state index in [1.165, 1.54) is 7.11 Å². The van der Waals surface area contributed by atoms with Gasteiger partial charge in [0.1, 0.15) is 0 Å². The predicted molar refractivity (Wildman–Crippen MR) is 68.9 cm³/mol. The Kier molecular flexibility index (Phi) is 5.34. The molecule has 0 aliphatic heterocycles. The second-order valence-corrected chi connectivity index (χ2v) is 4.38. The summed E-state index contributed by atoms with van der Waals surface area (Å²) in [5.41, 5.74) is 1.49. The molecule has 0 saturated carbocycles. The molecule has 1 aromatic rings. The van der Waals surface area contributed by atoms with Crippen LogP contribution in [-0.2, 0) is 11.3 Å². The molecule has 4 nitrogen and oxygen atoms in total. The first-order valence-electron chi connectivity index (χ1n) is 5.82. The van der Waals surface area contributed by atoms with E-state index >= 15 is 0 Å². The van der Waals surface area contributed by atoms with Gasteiger partial charge < -0.3 is 9.64 Å². The summed E-state index contributed by atoms with van der Waals surface area (Å²) in [5.74, 6) is -0.354. The number of nitrogens with zero attached hydrogens (tertiary/aromatic N) is 2. The third-order valence-electron chi connectivity index (χ3n) is 2.67. The van der Waals surface area contributed by atoms with Gasteiger partial charge in [0.2, 0.25) is 0 Å². The Morgan fingerprint density at radius 1 is 1.50 bits per heavy atom. The predicted octanol–water partition coefficient (Wildman–Crippen LogP) is 2.06. The standard InChI is InChI=1S/C14H18N2O2/c1-11(8-15)9-16(2)10-12-6-4-5-7-13(12)14(17)18-3/h4-7,11H,9-10H2,1-3H3. The van der Waals surface area contributed by atoms with Crippen molar-refractivity contribution in [2.75, 3.05) is 20.7 Å². The quantitative estimate of drug-likeness (QED) is 0.746. The van der Waals surface area contributed by atoms with Crippen molar-refractivity contribution >= 4 is 5.97 Å². The van der Waals surface area contributed by atoms with Crippen LogP contribution in [0.25, 0.3) is 0 Å². The fourth-order valence-electron chi connectivity index (χ4n) is 1.83. The van der Waals surface area contributed by atoms with E-state index in [9.17, 15) is 4.79 Å². The molecular weight excluding hydrogens is 228 g/mol. The van der Waals surface area contributed by atoms with Crippen molar-refractivity contribution in [1.82, 2.24) is 4.90 Å². The first-order valence-corrected chi connectivity index (χ1v) is 5.82. The Morgan fingerprint density at radius 2 is 2.17 bits per heavy atom. The van der Waals surface area contributed by atoms with Crippen LogP contribution in [0.1, 0.15) is 22.8 Å². The third kappa shape index (κ3) is 3.86. The Morgan fingerprint density at radius 3 is 2.78 bits per heavy atom. The molecule has 4 heteroatoms. The minimum Gasteiger partial charge on any atom is -0.465 e. The van der Waals surface area contributed by atoms with Crippen molar-refractivity contribution in [2.24, 2.45) is 5.92 Å². The van der Waals surface area contributed by atoms with Gasteiger partial charge in [-0.2, -0.15) is 5.26 Å². The molecule has 0 fully saturated rings. The van der Waals surface area contributed by atoms with Gasteiger partial charge in [-0.05, 0) is 25.6 Å². The number of nitriles is 1. The smallest absolute Gasteiger partial charge is 0.338 e. The Bertz CT molecular complexity index is 451. The van der Waals surface area contributed by atoms with Gasteiger partial charge in [-0.3, -0.25) is 0 Å². The van der Waals surface area contributed by atoms with Crippen molar-refractivity contribution in [3.8, 4) is 6.07 Å². The van der Waals surface area contributed by atoms with Gasteiger partial charge in [-0.1, -0.05) is 18.2 Å². The van der Waals surface area contributed by atoms with Crippen molar-refractivity contribution in [2.45, 2.75) is 13.5 Å². The van der Waals surface area contributed by atoms with Crippen LogP contribution in [0.2, 0.25) is 0 Å². The van der Waals surface area contributed by atoms with E-state index in [0.29, 0.717) is 18.7 Å². The lowest BCUT2D eigenvalue weighted by Crippen LogP contribution is -2.24. The zero-order valence-electron chi connectivity index (χ0n) is 11.0. The first-order chi connectivity index (χ1) is 8.58. The van der Waals surface area contributed by atoms with Crippen LogP contribution >= 0.6 is 0 Å². The van der Waals surface area contributed by atoms with Gasteiger partial charge in [0.25, 0.3) is 0 Å². The topological polar surface area (TPSA) is 53.3 Å². The monoisotopic (exact) mass is 246 g/mol. The maximum Gasteiger partial charge on any atom is 0.338 e. The number of benzene rings is 1. The lowest BCUT2D eigenvalue weighted by atomic mass is 10.1. The maximum absolute atomic E-state index is 11.6. The summed E-state index contributed by atoms with van der Waals surface area (Å²) in [6.07, 6.45) is 0. The SMILES string of the molecule is COC(=O)c1ccccc1CN(C)CC(C)C#N. The molecule has 0 radical (unpaired) electrons. The Hall–Kier alpha value is -1.86. The van der Waals surface area contributed by atoms with Gasteiger partial charge in [0, 0.05) is 13.1 Å². The van der Waals surface area contributed by atoms with Crippen molar-refractivity contribution in [3.63, 3.8) is 0 Å². The van der Waals surface area contributed by atoms with E-state index in [-0.39, 0.29) is 11.9 Å². The molecule has 0 aliphatic carbocycles. The number of methoxy groups -OCH3 is 1. The average Bonchev–Trinajstić information content (AvgIpc) is 2.38. The van der Waals surface area contributed by atoms with Gasteiger partial charge in [-0.15, -0.1) is 0 Å². The number of esters is 1. The average molecular weight is 246 g/mol. The molecule has 1 atom stereocenters. The molecule has 1 unspecified atom stereocenters. The fourth-order valence-corrected chi connectivity index (χ4v) is 1.83. The summed E-state index contributed by atoms with van der Waals surface area (Å²) in [6, 6.07) is 9.56. The van der Waals surface area contributed by atoms with Gasteiger partial charge in [0.05, 0.1) is 24.7 Å². The number of ether oxygens (including phenoxy) is 1. The summed E-state index contributed by atoms with van der Waals surface area (Å²) < 4.78 is 4.75. The second-order valence-electron chi connectivity index (χ2n) is 4.38. The zero-order valence-corrected chi connectivity index (χ0v) is 11.0. The highest BCUT2D eigenvalue weighted by molar-refractivity contribution is 5.90. The highest BCUT2D eigenvalue weighted by Gasteiger charge is 2.13. The molecule has 0 aromatic heterocycles. The Labute approximate surface area is 108 Å². The van der Waals surface area contributed by atoms with Crippen LogP contribution in [0.5, 0.6) is 0 Å². The molecule has 0 saturated heterocycles. The highest BCUT2D eigenvalue weighted by atomic mass is 16.5. The van der Waals surface area contributed by atoms with E-state index in [1.54, 1.807) is 6.07 Å². The molecule has 0 aliphatic rings. The van der Waals surface area contributed by atoms with Gasteiger partial charge in [-0.25, -0.2) is 4.79 Å². The molecule has 0 N–H and O–H groups in total. The van der Waals surface area contributed by atoms with Crippen LogP contribution in [0, 0.1) is 17.2 Å². The van der Waals surface area contributed by atoms with Crippen LogP contribution in [0.3, 0.4) is 0 Å². The number of hydrogen-bond acceptors (Lipinski definition) is 4. The molecule has 18 heavy (non-hydrogen) atoms. The maximum atomic E-state index is 11.6. The zero-order chi connectivity index (χ0) is 13.5. The minimum atomic E-state index is -0.327. The van der Waals surface area contributed by atoms with Crippen LogP contribution in [-0.4, -0.2) is 31.6 Å². The first kappa shape index (κ1) is 14.2. The van der Waals surface area contributed by atoms with Crippen LogP contribution in [0.15, 0.2) is 24.3 Å². The van der Waals surface area contributed by atoms with Crippen molar-refractivity contribution in [3.05, 3.63) is 35.4 Å². The number of carbonyl (C=O) groups is 1. The van der Waals surface area contributed by atoms with E-state index in [1.807, 2.05) is 37.1 Å². The summed E-state index contributed by atoms with van der Waals surface area (Å²) in [5, 5.41) is 8.78. The molecule has 0 spiro atoms. The molecule has 1 rings (SSSR count). The Balaban J connectivity index is 2.78. The number of carbonyl (C=O) groups excluding carboxylic acids is 1. The van der Waals surface area contributed by atoms with Crippen molar-refractivity contribution < 1.29 is 9.53 Å². The lowest BCUT2D eigenvalue weighted by molar-refractivity contribution is 0.0598. The van der Waals surface area contributed by atoms with Crippen LogP contribution in [0.4, 0.5) is 0 Å². The molecular formula is C14H18N2O2. The largest absolute Gasteiger partial charge is 0.465 e. The normalized spacial score (nSPS) is 11.9. The molecule has 0 heterocycles. The van der Waals surface area contributed by atoms with Gasteiger partial charge >= 0.3 is 5.97 Å². The van der Waals surface area contributed by atoms with E-state index in [4.69, 9.17) is 10.00 Å². The lowest BCUT2D eigenvalue weighted by Gasteiger charge is -2.19. The summed E-state index contributed by atoms with van der Waals surface area (Å²) in [6.45, 7) is 3.17. The molecule has 0 bridgehead atoms. The summed E-state index contributed by atoms with van der Waals surface area (Å²) >= 11 is 0. The highest BCUT2D eigenvalue weighted by Crippen LogP contribution is 2.13. The van der Waals surface area contributed by atoms with Crippen LogP contribution < -0.4 is 0 Å². The number of hydrogen-bond donors (Lipinski definition) is 0. The molecule has 1 aromatic carbocycles. The number of rotatable bonds is 5. The fraction of sp³-hybridized carbons (Fsp3) is 0.429. The molecule has 0 amide bonds. The minimum absolute atomic E-state index is 0.0275. The van der Waals surface area contributed by atoms with E-state index in [2.05, 4.69) is 6.07 Å². The summed E-state index contributed by atoms with van der Waals surface area (Å²) in [4.78, 5) is 13.6. The third-order valence-corrected chi connectivity index (χ3v) is 2.67. The van der Waals surface area contributed by atoms with Crippen molar-refractivity contribution in [1.29, 1.82) is 5.26 Å². The second kappa shape index (κ2) is 6.77.